The summed E-state index contributed by atoms with van der Waals surface area (Å²) in [5, 5.41) is 10.5. The highest BCUT2D eigenvalue weighted by Crippen LogP contribution is 2.30. The molecule has 4 rings (SSSR count). The standard InChI is InChI=1S/C15H13NO.C9H10O2/c1-10-7-11(2)15-13(8-10)9-14(17-15)12-3-5-16-6-4-12;1-6-3-7(2)9(11)8(4-6)5-10/h3-9H,1-2H3;3-5,11H,1-2H3. The van der Waals surface area contributed by atoms with Crippen LogP contribution < -0.4 is 0 Å². The van der Waals surface area contributed by atoms with Crippen molar-refractivity contribution in [1.29, 1.82) is 0 Å². The molecule has 4 aromatic rings. The Morgan fingerprint density at radius 2 is 1.54 bits per heavy atom. The first-order valence-corrected chi connectivity index (χ1v) is 9.05. The Kier molecular flexibility index (Phi) is 5.59. The van der Waals surface area contributed by atoms with E-state index in [0.717, 1.165) is 33.4 Å². The summed E-state index contributed by atoms with van der Waals surface area (Å²) >= 11 is 0. The number of aldehydes is 1. The Balaban J connectivity index is 0.000000178. The average Bonchev–Trinajstić information content (AvgIpc) is 3.10. The minimum atomic E-state index is 0.0885. The van der Waals surface area contributed by atoms with Crippen molar-refractivity contribution in [2.45, 2.75) is 27.7 Å². The van der Waals surface area contributed by atoms with E-state index in [9.17, 15) is 9.90 Å². The van der Waals surface area contributed by atoms with Gasteiger partial charge in [0.05, 0.1) is 5.56 Å². The lowest BCUT2D eigenvalue weighted by atomic mass is 10.1. The second kappa shape index (κ2) is 8.09. The van der Waals surface area contributed by atoms with Crippen LogP contribution in [0.5, 0.6) is 5.75 Å². The molecule has 4 heteroatoms. The number of hydrogen-bond acceptors (Lipinski definition) is 4. The molecule has 0 atom stereocenters. The number of carbonyl (C=O) groups excluding carboxylic acids is 1. The van der Waals surface area contributed by atoms with Gasteiger partial charge in [0, 0.05) is 23.3 Å². The number of pyridine rings is 1. The summed E-state index contributed by atoms with van der Waals surface area (Å²) < 4.78 is 5.91. The van der Waals surface area contributed by atoms with Crippen LogP contribution in [0.4, 0.5) is 0 Å². The zero-order valence-corrected chi connectivity index (χ0v) is 16.5. The lowest BCUT2D eigenvalue weighted by Gasteiger charge is -2.02. The van der Waals surface area contributed by atoms with Gasteiger partial charge in [-0.2, -0.15) is 0 Å². The summed E-state index contributed by atoms with van der Waals surface area (Å²) in [5.74, 6) is 0.988. The summed E-state index contributed by atoms with van der Waals surface area (Å²) in [5.41, 5.74) is 6.57. The molecule has 0 fully saturated rings. The number of nitrogens with zero attached hydrogens (tertiary/aromatic N) is 1. The molecular weight excluding hydrogens is 350 g/mol. The third kappa shape index (κ3) is 4.12. The van der Waals surface area contributed by atoms with Crippen molar-refractivity contribution in [3.63, 3.8) is 0 Å². The number of phenols is 1. The van der Waals surface area contributed by atoms with Crippen molar-refractivity contribution in [1.82, 2.24) is 4.98 Å². The van der Waals surface area contributed by atoms with Gasteiger partial charge in [-0.05, 0) is 74.7 Å². The monoisotopic (exact) mass is 373 g/mol. The number of hydrogen-bond donors (Lipinski definition) is 1. The Labute approximate surface area is 164 Å². The van der Waals surface area contributed by atoms with Crippen molar-refractivity contribution in [3.8, 4) is 17.1 Å². The van der Waals surface area contributed by atoms with Crippen LogP contribution in [0.2, 0.25) is 0 Å². The number of aromatic nitrogens is 1. The Morgan fingerprint density at radius 1 is 0.893 bits per heavy atom. The number of fused-ring (bicyclic) bond motifs is 1. The van der Waals surface area contributed by atoms with Gasteiger partial charge in [-0.1, -0.05) is 17.7 Å². The van der Waals surface area contributed by atoms with Crippen molar-refractivity contribution in [2.24, 2.45) is 0 Å². The normalized spacial score (nSPS) is 10.4. The second-order valence-electron chi connectivity index (χ2n) is 6.98. The molecule has 0 saturated heterocycles. The van der Waals surface area contributed by atoms with E-state index in [1.54, 1.807) is 25.4 Å². The fourth-order valence-electron chi connectivity index (χ4n) is 3.26. The Bertz CT molecular complexity index is 1130. The van der Waals surface area contributed by atoms with Gasteiger partial charge in [0.2, 0.25) is 0 Å². The molecule has 0 radical (unpaired) electrons. The summed E-state index contributed by atoms with van der Waals surface area (Å²) in [6.45, 7) is 7.84. The number of furan rings is 1. The molecule has 28 heavy (non-hydrogen) atoms. The van der Waals surface area contributed by atoms with Gasteiger partial charge >= 0.3 is 0 Å². The van der Waals surface area contributed by atoms with Gasteiger partial charge < -0.3 is 9.52 Å². The van der Waals surface area contributed by atoms with Crippen molar-refractivity contribution >= 4 is 17.3 Å². The molecule has 0 amide bonds. The summed E-state index contributed by atoms with van der Waals surface area (Å²) in [7, 11) is 0. The average molecular weight is 373 g/mol. The third-order valence-corrected chi connectivity index (χ3v) is 4.51. The topological polar surface area (TPSA) is 63.3 Å². The van der Waals surface area contributed by atoms with E-state index in [0.29, 0.717) is 11.8 Å². The number of carbonyl (C=O) groups is 1. The fraction of sp³-hybridized carbons (Fsp3) is 0.167. The highest BCUT2D eigenvalue weighted by Gasteiger charge is 2.08. The molecule has 0 aliphatic carbocycles. The van der Waals surface area contributed by atoms with E-state index in [2.05, 4.69) is 37.0 Å². The maximum Gasteiger partial charge on any atom is 0.153 e. The van der Waals surface area contributed by atoms with Crippen LogP contribution >= 0.6 is 0 Å². The van der Waals surface area contributed by atoms with Gasteiger partial charge in [0.25, 0.3) is 0 Å². The molecule has 0 unspecified atom stereocenters. The number of benzene rings is 2. The lowest BCUT2D eigenvalue weighted by molar-refractivity contribution is 0.112. The van der Waals surface area contributed by atoms with Crippen LogP contribution in [-0.4, -0.2) is 16.4 Å². The van der Waals surface area contributed by atoms with E-state index in [1.807, 2.05) is 25.1 Å². The fourth-order valence-corrected chi connectivity index (χ4v) is 3.26. The smallest absolute Gasteiger partial charge is 0.153 e. The molecule has 2 aromatic carbocycles. The van der Waals surface area contributed by atoms with Crippen LogP contribution in [0, 0.1) is 27.7 Å². The molecule has 0 aliphatic rings. The molecule has 4 nitrogen and oxygen atoms in total. The third-order valence-electron chi connectivity index (χ3n) is 4.51. The molecule has 2 aromatic heterocycles. The molecule has 0 aliphatic heterocycles. The molecule has 142 valence electrons. The van der Waals surface area contributed by atoms with Gasteiger partial charge in [-0.25, -0.2) is 0 Å². The molecular formula is C24H23NO3. The SMILES string of the molecule is Cc1cc(C)c(O)c(C=O)c1.Cc1cc(C)c2oc(-c3ccncc3)cc2c1. The second-order valence-corrected chi connectivity index (χ2v) is 6.98. The minimum absolute atomic E-state index is 0.0885. The first kappa shape index (κ1) is 19.4. The molecule has 0 bridgehead atoms. The number of phenolic OH excluding ortho intramolecular Hbond substituents is 1. The maximum absolute atomic E-state index is 10.4. The Hall–Kier alpha value is -3.40. The van der Waals surface area contributed by atoms with Crippen LogP contribution in [0.3, 0.4) is 0 Å². The van der Waals surface area contributed by atoms with E-state index < -0.39 is 0 Å². The first-order valence-electron chi connectivity index (χ1n) is 9.05. The minimum Gasteiger partial charge on any atom is -0.507 e. The van der Waals surface area contributed by atoms with Crippen LogP contribution in [0.15, 0.2) is 59.3 Å². The molecule has 0 saturated carbocycles. The van der Waals surface area contributed by atoms with Crippen molar-refractivity contribution in [2.75, 3.05) is 0 Å². The van der Waals surface area contributed by atoms with Crippen molar-refractivity contribution < 1.29 is 14.3 Å². The summed E-state index contributed by atoms with van der Waals surface area (Å²) in [4.78, 5) is 14.4. The number of aryl methyl sites for hydroxylation is 4. The Morgan fingerprint density at radius 3 is 2.21 bits per heavy atom. The quantitative estimate of drug-likeness (QED) is 0.442. The van der Waals surface area contributed by atoms with Crippen LogP contribution in [0.1, 0.15) is 32.6 Å². The maximum atomic E-state index is 10.4. The lowest BCUT2D eigenvalue weighted by Crippen LogP contribution is -1.86. The van der Waals surface area contributed by atoms with E-state index in [4.69, 9.17) is 4.42 Å². The highest BCUT2D eigenvalue weighted by atomic mass is 16.3. The van der Waals surface area contributed by atoms with E-state index in [-0.39, 0.29) is 5.75 Å². The predicted molar refractivity (Wildman–Crippen MR) is 112 cm³/mol. The zero-order valence-electron chi connectivity index (χ0n) is 16.5. The summed E-state index contributed by atoms with van der Waals surface area (Å²) in [6, 6.07) is 13.8. The van der Waals surface area contributed by atoms with Gasteiger partial charge in [-0.3, -0.25) is 9.78 Å². The highest BCUT2D eigenvalue weighted by molar-refractivity contribution is 5.85. The van der Waals surface area contributed by atoms with Crippen LogP contribution in [-0.2, 0) is 0 Å². The number of rotatable bonds is 2. The predicted octanol–water partition coefficient (Wildman–Crippen LogP) is 5.93. The van der Waals surface area contributed by atoms with E-state index in [1.165, 1.54) is 11.1 Å². The molecule has 1 N–H and O–H groups in total. The van der Waals surface area contributed by atoms with Gasteiger partial charge in [-0.15, -0.1) is 0 Å². The first-order chi connectivity index (χ1) is 13.4. The van der Waals surface area contributed by atoms with Crippen molar-refractivity contribution in [3.05, 3.63) is 82.7 Å². The van der Waals surface area contributed by atoms with Gasteiger partial charge in [0.15, 0.2) is 6.29 Å². The zero-order chi connectivity index (χ0) is 20.3. The molecule has 2 heterocycles. The largest absolute Gasteiger partial charge is 0.507 e. The van der Waals surface area contributed by atoms with E-state index >= 15 is 0 Å². The molecule has 0 spiro atoms. The van der Waals surface area contributed by atoms with Crippen LogP contribution in [0.25, 0.3) is 22.3 Å². The van der Waals surface area contributed by atoms with Gasteiger partial charge in [0.1, 0.15) is 17.1 Å². The summed E-state index contributed by atoms with van der Waals surface area (Å²) in [6.07, 6.45) is 4.22. The number of aromatic hydroxyl groups is 1.